The Balaban J connectivity index is 1.78. The van der Waals surface area contributed by atoms with Gasteiger partial charge in [-0.05, 0) is 28.8 Å². The van der Waals surface area contributed by atoms with Crippen LogP contribution in [0, 0.1) is 0 Å². The summed E-state index contributed by atoms with van der Waals surface area (Å²) >= 11 is 0. The molecule has 0 bridgehead atoms. The summed E-state index contributed by atoms with van der Waals surface area (Å²) in [7, 11) is 0. The third kappa shape index (κ3) is 4.56. The second kappa shape index (κ2) is 10.6. The molecule has 0 saturated carbocycles. The molecule has 0 unspecified atom stereocenters. The average Bonchev–Trinajstić information content (AvgIpc) is 2.94. The van der Waals surface area contributed by atoms with Gasteiger partial charge in [0, 0.05) is 31.9 Å². The number of carbonyl (C=O) groups excluding carboxylic acids is 1. The molecule has 5 nitrogen and oxygen atoms in total. The van der Waals surface area contributed by atoms with E-state index >= 15 is 0 Å². The van der Waals surface area contributed by atoms with Crippen LogP contribution >= 0.6 is 0 Å². The first-order valence-corrected chi connectivity index (χ1v) is 12.0. The summed E-state index contributed by atoms with van der Waals surface area (Å²) in [6.07, 6.45) is -0.422. The Morgan fingerprint density at radius 3 is 1.49 bits per heavy atom. The average molecular weight is 464 g/mol. The zero-order valence-corrected chi connectivity index (χ0v) is 19.6. The lowest BCUT2D eigenvalue weighted by Crippen LogP contribution is -2.54. The van der Waals surface area contributed by atoms with Crippen LogP contribution in [0.1, 0.15) is 16.7 Å². The highest BCUT2D eigenvalue weighted by Crippen LogP contribution is 2.45. The molecule has 35 heavy (non-hydrogen) atoms. The van der Waals surface area contributed by atoms with E-state index < -0.39 is 11.6 Å². The molecule has 0 aromatic heterocycles. The van der Waals surface area contributed by atoms with Crippen molar-refractivity contribution in [2.24, 2.45) is 0 Å². The van der Waals surface area contributed by atoms with Crippen molar-refractivity contribution < 1.29 is 9.63 Å². The molecular weight excluding hydrogens is 434 g/mol. The number of carbonyl (C=O) groups is 1. The molecule has 1 aliphatic heterocycles. The normalized spacial score (nSPS) is 14.3. The van der Waals surface area contributed by atoms with Gasteiger partial charge < -0.3 is 10.2 Å². The van der Waals surface area contributed by atoms with E-state index in [1.807, 2.05) is 84.9 Å². The number of rotatable bonds is 6. The Kier molecular flexibility index (Phi) is 6.89. The summed E-state index contributed by atoms with van der Waals surface area (Å²) in [5, 5.41) is 5.06. The largest absolute Gasteiger partial charge is 0.434 e. The molecule has 1 saturated heterocycles. The molecule has 1 fully saturated rings. The monoisotopic (exact) mass is 463 g/mol. The van der Waals surface area contributed by atoms with E-state index in [0.29, 0.717) is 13.1 Å². The molecule has 5 heteroatoms. The van der Waals surface area contributed by atoms with E-state index in [4.69, 9.17) is 4.84 Å². The number of para-hydroxylation sites is 1. The third-order valence-electron chi connectivity index (χ3n) is 6.39. The van der Waals surface area contributed by atoms with Gasteiger partial charge >= 0.3 is 6.09 Å². The van der Waals surface area contributed by atoms with Crippen molar-refractivity contribution >= 4 is 11.8 Å². The van der Waals surface area contributed by atoms with Crippen molar-refractivity contribution in [1.82, 2.24) is 10.4 Å². The maximum atomic E-state index is 14.2. The van der Waals surface area contributed by atoms with Gasteiger partial charge in [-0.1, -0.05) is 109 Å². The highest BCUT2D eigenvalue weighted by Gasteiger charge is 2.47. The van der Waals surface area contributed by atoms with E-state index in [9.17, 15) is 4.79 Å². The highest BCUT2D eigenvalue weighted by molar-refractivity contribution is 5.92. The molecule has 1 N–H and O–H groups in total. The van der Waals surface area contributed by atoms with Gasteiger partial charge in [0.25, 0.3) is 0 Å². The van der Waals surface area contributed by atoms with Crippen LogP contribution in [0.5, 0.6) is 0 Å². The van der Waals surface area contributed by atoms with Crippen molar-refractivity contribution in [2.45, 2.75) is 5.54 Å². The van der Waals surface area contributed by atoms with Crippen LogP contribution in [0.4, 0.5) is 10.5 Å². The first-order valence-electron chi connectivity index (χ1n) is 12.0. The molecule has 1 amide bonds. The summed E-state index contributed by atoms with van der Waals surface area (Å²) in [5.74, 6) is 0. The predicted octanol–water partition coefficient (Wildman–Crippen LogP) is 5.44. The second-order valence-corrected chi connectivity index (χ2v) is 8.52. The fourth-order valence-corrected chi connectivity index (χ4v) is 4.83. The highest BCUT2D eigenvalue weighted by atomic mass is 16.7. The molecule has 0 aliphatic carbocycles. The van der Waals surface area contributed by atoms with Gasteiger partial charge in [-0.2, -0.15) is 0 Å². The van der Waals surface area contributed by atoms with E-state index in [2.05, 4.69) is 41.7 Å². The van der Waals surface area contributed by atoms with Gasteiger partial charge in [-0.25, -0.2) is 4.79 Å². The zero-order chi connectivity index (χ0) is 23.9. The van der Waals surface area contributed by atoms with Crippen molar-refractivity contribution in [3.8, 4) is 0 Å². The van der Waals surface area contributed by atoms with Crippen LogP contribution in [-0.4, -0.2) is 37.3 Å². The first-order chi connectivity index (χ1) is 17.3. The third-order valence-corrected chi connectivity index (χ3v) is 6.39. The molecule has 0 spiro atoms. The summed E-state index contributed by atoms with van der Waals surface area (Å²) < 4.78 is 0. The smallest absolute Gasteiger partial charge is 0.350 e. The summed E-state index contributed by atoms with van der Waals surface area (Å²) in [6.45, 7) is 2.84. The van der Waals surface area contributed by atoms with E-state index in [1.54, 1.807) is 9.96 Å². The van der Waals surface area contributed by atoms with Crippen LogP contribution in [0.25, 0.3) is 0 Å². The molecule has 1 heterocycles. The summed E-state index contributed by atoms with van der Waals surface area (Å²) in [4.78, 5) is 22.1. The fraction of sp³-hybridized carbons (Fsp3) is 0.167. The molecule has 0 atom stereocenters. The molecule has 176 valence electrons. The van der Waals surface area contributed by atoms with E-state index in [0.717, 1.165) is 35.5 Å². The zero-order valence-electron chi connectivity index (χ0n) is 19.6. The Bertz CT molecular complexity index is 1120. The van der Waals surface area contributed by atoms with Crippen molar-refractivity contribution in [1.29, 1.82) is 0 Å². The minimum atomic E-state index is -0.962. The Morgan fingerprint density at radius 2 is 1.06 bits per heavy atom. The number of piperazine rings is 1. The van der Waals surface area contributed by atoms with Gasteiger partial charge in [-0.3, -0.25) is 4.90 Å². The van der Waals surface area contributed by atoms with E-state index in [-0.39, 0.29) is 0 Å². The number of hydroxylamine groups is 2. The standard InChI is InChI=1S/C30H29N3O2/c34-29(35-32-23-21-31-22-24-32)33(28-19-11-4-12-20-28)30(25-13-5-1-6-14-25,26-15-7-2-8-16-26)27-17-9-3-10-18-27/h1-20,31H,21-24H2. The Morgan fingerprint density at radius 1 is 0.657 bits per heavy atom. The Labute approximate surface area is 206 Å². The van der Waals surface area contributed by atoms with Gasteiger partial charge in [0.1, 0.15) is 5.54 Å². The van der Waals surface area contributed by atoms with Crippen molar-refractivity contribution in [3.05, 3.63) is 138 Å². The van der Waals surface area contributed by atoms with Crippen molar-refractivity contribution in [2.75, 3.05) is 31.1 Å². The van der Waals surface area contributed by atoms with Gasteiger partial charge in [0.15, 0.2) is 0 Å². The van der Waals surface area contributed by atoms with Crippen LogP contribution in [0.15, 0.2) is 121 Å². The minimum Gasteiger partial charge on any atom is -0.350 e. The second-order valence-electron chi connectivity index (χ2n) is 8.52. The molecule has 5 rings (SSSR count). The van der Waals surface area contributed by atoms with Crippen LogP contribution < -0.4 is 10.2 Å². The maximum absolute atomic E-state index is 14.2. The SMILES string of the molecule is O=C(ON1CCNCC1)N(c1ccccc1)C(c1ccccc1)(c1ccccc1)c1ccccc1. The first kappa shape index (κ1) is 22.8. The summed E-state index contributed by atoms with van der Waals surface area (Å²) in [5.41, 5.74) is 2.70. The molecule has 4 aromatic carbocycles. The number of benzene rings is 4. The number of hydrogen-bond donors (Lipinski definition) is 1. The van der Waals surface area contributed by atoms with E-state index in [1.165, 1.54) is 0 Å². The minimum absolute atomic E-state index is 0.422. The Hall–Kier alpha value is -3.93. The molecule has 1 aliphatic rings. The number of anilines is 1. The lowest BCUT2D eigenvalue weighted by atomic mass is 9.75. The molecular formula is C30H29N3O2. The van der Waals surface area contributed by atoms with Gasteiger partial charge in [-0.15, -0.1) is 5.06 Å². The van der Waals surface area contributed by atoms with Crippen LogP contribution in [0.2, 0.25) is 0 Å². The molecule has 0 radical (unpaired) electrons. The quantitative estimate of drug-likeness (QED) is 0.387. The number of amides is 1. The maximum Gasteiger partial charge on any atom is 0.434 e. The predicted molar refractivity (Wildman–Crippen MR) is 139 cm³/mol. The van der Waals surface area contributed by atoms with Crippen LogP contribution in [0.3, 0.4) is 0 Å². The van der Waals surface area contributed by atoms with Crippen molar-refractivity contribution in [3.63, 3.8) is 0 Å². The number of nitrogens with zero attached hydrogens (tertiary/aromatic N) is 2. The lowest BCUT2D eigenvalue weighted by Gasteiger charge is -2.45. The van der Waals surface area contributed by atoms with Gasteiger partial charge in [0.2, 0.25) is 0 Å². The number of hydrogen-bond acceptors (Lipinski definition) is 4. The van der Waals surface area contributed by atoms with Crippen LogP contribution in [-0.2, 0) is 10.4 Å². The van der Waals surface area contributed by atoms with Gasteiger partial charge in [0.05, 0.1) is 0 Å². The fourth-order valence-electron chi connectivity index (χ4n) is 4.83. The molecule has 4 aromatic rings. The number of nitrogens with one attached hydrogen (secondary N) is 1. The lowest BCUT2D eigenvalue weighted by molar-refractivity contribution is -0.104. The topological polar surface area (TPSA) is 44.8 Å². The summed E-state index contributed by atoms with van der Waals surface area (Å²) in [6, 6.07) is 40.3.